The molecule has 0 aliphatic rings. The van der Waals surface area contributed by atoms with Crippen LogP contribution >= 0.6 is 0 Å². The summed E-state index contributed by atoms with van der Waals surface area (Å²) in [7, 11) is 0. The molecule has 0 heterocycles. The van der Waals surface area contributed by atoms with E-state index in [0.29, 0.717) is 18.5 Å². The Kier molecular flexibility index (Phi) is 12.4. The fourth-order valence-electron chi connectivity index (χ4n) is 3.96. The fourth-order valence-corrected chi connectivity index (χ4v) is 3.96. The Hall–Kier alpha value is -5.20. The first-order valence-corrected chi connectivity index (χ1v) is 13.6. The van der Waals surface area contributed by atoms with Crippen LogP contribution in [0.15, 0.2) is 84.9 Å². The van der Waals surface area contributed by atoms with Gasteiger partial charge >= 0.3 is 24.1 Å². The van der Waals surface area contributed by atoms with Crippen LogP contribution < -0.4 is 21.3 Å². The molecule has 0 aliphatic carbocycles. The molecule has 0 saturated heterocycles. The third-order valence-electron chi connectivity index (χ3n) is 6.17. The van der Waals surface area contributed by atoms with Gasteiger partial charge in [0.15, 0.2) is 0 Å². The van der Waals surface area contributed by atoms with Crippen molar-refractivity contribution in [3.8, 4) is 11.1 Å². The van der Waals surface area contributed by atoms with Crippen molar-refractivity contribution >= 4 is 29.8 Å². The van der Waals surface area contributed by atoms with E-state index in [2.05, 4.69) is 26.0 Å². The molecule has 3 aromatic carbocycles. The zero-order chi connectivity index (χ0) is 32.0. The molecular formula is C31H31F3N4O6. The van der Waals surface area contributed by atoms with Crippen molar-refractivity contribution in [2.75, 3.05) is 13.1 Å². The van der Waals surface area contributed by atoms with E-state index in [1.807, 2.05) is 60.7 Å². The van der Waals surface area contributed by atoms with Crippen LogP contribution in [0.2, 0.25) is 0 Å². The lowest BCUT2D eigenvalue weighted by molar-refractivity contribution is -0.202. The number of hydrogen-bond acceptors (Lipinski definition) is 6. The third-order valence-corrected chi connectivity index (χ3v) is 6.17. The Morgan fingerprint density at radius 1 is 0.727 bits per heavy atom. The van der Waals surface area contributed by atoms with Crippen LogP contribution in [0.5, 0.6) is 0 Å². The van der Waals surface area contributed by atoms with E-state index in [4.69, 9.17) is 0 Å². The summed E-state index contributed by atoms with van der Waals surface area (Å²) >= 11 is 0. The number of halogens is 3. The number of benzene rings is 3. The van der Waals surface area contributed by atoms with Gasteiger partial charge in [-0.25, -0.2) is 9.59 Å². The number of urea groups is 1. The summed E-state index contributed by atoms with van der Waals surface area (Å²) in [6.45, 7) is 0.0653. The molecule has 1 unspecified atom stereocenters. The van der Waals surface area contributed by atoms with E-state index in [9.17, 15) is 37.1 Å². The normalized spacial score (nSPS) is 11.5. The first-order chi connectivity index (χ1) is 21.0. The molecule has 44 heavy (non-hydrogen) atoms. The Morgan fingerprint density at radius 2 is 1.34 bits per heavy atom. The molecule has 1 atom stereocenters. The summed E-state index contributed by atoms with van der Waals surface area (Å²) in [5.41, 5.74) is 2.99. The molecule has 0 radical (unpaired) electrons. The molecule has 13 heteroatoms. The van der Waals surface area contributed by atoms with E-state index in [1.165, 1.54) is 0 Å². The van der Waals surface area contributed by atoms with Crippen LogP contribution in [0, 0.1) is 0 Å². The zero-order valence-electron chi connectivity index (χ0n) is 23.5. The van der Waals surface area contributed by atoms with Crippen molar-refractivity contribution in [3.63, 3.8) is 0 Å². The zero-order valence-corrected chi connectivity index (χ0v) is 23.5. The third kappa shape index (κ3) is 11.6. The Morgan fingerprint density at radius 3 is 1.98 bits per heavy atom. The van der Waals surface area contributed by atoms with Crippen molar-refractivity contribution < 1.29 is 41.9 Å². The standard InChI is InChI=1S/C31H31F3N4O6/c32-31(33,34)29(42)44-28(41)18-25(24-15-13-23(14-16-24)22-10-5-2-6-11-22)38-27(40)20-36-26(39)12-7-17-35-30(43)37-19-21-8-3-1-4-9-21/h1-6,8-11,13-16,25H,7,12,17-20H2,(H,36,39)(H,38,40)(H2,35,37,43). The average Bonchev–Trinajstić information content (AvgIpc) is 3.01. The summed E-state index contributed by atoms with van der Waals surface area (Å²) in [4.78, 5) is 59.9. The fraction of sp³-hybridized carbons (Fsp3) is 0.258. The molecule has 0 aliphatic heterocycles. The molecule has 3 rings (SSSR count). The van der Waals surface area contributed by atoms with E-state index >= 15 is 0 Å². The topological polar surface area (TPSA) is 143 Å². The van der Waals surface area contributed by atoms with Crippen molar-refractivity contribution in [2.24, 2.45) is 0 Å². The molecular weight excluding hydrogens is 581 g/mol. The van der Waals surface area contributed by atoms with Crippen LogP contribution in [0.1, 0.15) is 36.4 Å². The van der Waals surface area contributed by atoms with Crippen LogP contribution in [0.25, 0.3) is 11.1 Å². The molecule has 0 bridgehead atoms. The van der Waals surface area contributed by atoms with Crippen LogP contribution in [0.4, 0.5) is 18.0 Å². The predicted molar refractivity (Wildman–Crippen MR) is 153 cm³/mol. The van der Waals surface area contributed by atoms with Crippen LogP contribution in [-0.4, -0.2) is 49.0 Å². The Bertz CT molecular complexity index is 1420. The second-order valence-corrected chi connectivity index (χ2v) is 9.55. The first-order valence-electron chi connectivity index (χ1n) is 13.6. The second-order valence-electron chi connectivity index (χ2n) is 9.55. The molecule has 232 valence electrons. The second kappa shape index (κ2) is 16.4. The highest BCUT2D eigenvalue weighted by atomic mass is 19.4. The van der Waals surface area contributed by atoms with Gasteiger partial charge in [-0.15, -0.1) is 0 Å². The molecule has 0 fully saturated rings. The SMILES string of the molecule is O=C(CCCNC(=O)NCc1ccccc1)NCC(=O)NC(CC(=O)OC(=O)C(F)(F)F)c1ccc(-c2ccccc2)cc1. The van der Waals surface area contributed by atoms with Gasteiger partial charge in [-0.2, -0.15) is 13.2 Å². The number of carbonyl (C=O) groups is 5. The molecule has 4 amide bonds. The molecule has 0 aromatic heterocycles. The van der Waals surface area contributed by atoms with E-state index in [-0.39, 0.29) is 13.0 Å². The molecule has 10 nitrogen and oxygen atoms in total. The number of nitrogens with one attached hydrogen (secondary N) is 4. The van der Waals surface area contributed by atoms with E-state index in [1.54, 1.807) is 24.3 Å². The summed E-state index contributed by atoms with van der Waals surface area (Å²) < 4.78 is 41.5. The van der Waals surface area contributed by atoms with Crippen molar-refractivity contribution in [1.82, 2.24) is 21.3 Å². The smallest absolute Gasteiger partial charge is 0.386 e. The monoisotopic (exact) mass is 612 g/mol. The van der Waals surface area contributed by atoms with Crippen LogP contribution in [-0.2, 0) is 30.5 Å². The van der Waals surface area contributed by atoms with Crippen molar-refractivity contribution in [3.05, 3.63) is 96.1 Å². The summed E-state index contributed by atoms with van der Waals surface area (Å²) in [5.74, 6) is -5.37. The first kappa shape index (κ1) is 33.3. The predicted octanol–water partition coefficient (Wildman–Crippen LogP) is 3.93. The minimum atomic E-state index is -5.36. The van der Waals surface area contributed by atoms with Gasteiger partial charge in [0, 0.05) is 19.5 Å². The van der Waals surface area contributed by atoms with E-state index in [0.717, 1.165) is 16.7 Å². The number of carbonyl (C=O) groups excluding carboxylic acids is 5. The molecule has 4 N–H and O–H groups in total. The molecule has 3 aromatic rings. The maximum absolute atomic E-state index is 12.6. The number of esters is 2. The lowest BCUT2D eigenvalue weighted by Crippen LogP contribution is -2.40. The maximum Gasteiger partial charge on any atom is 0.491 e. The quantitative estimate of drug-likeness (QED) is 0.131. The average molecular weight is 613 g/mol. The molecule has 0 saturated carbocycles. The maximum atomic E-state index is 12.6. The largest absolute Gasteiger partial charge is 0.491 e. The number of rotatable bonds is 13. The molecule has 0 spiro atoms. The highest BCUT2D eigenvalue weighted by Crippen LogP contribution is 2.24. The van der Waals surface area contributed by atoms with Gasteiger partial charge in [0.05, 0.1) is 19.0 Å². The summed E-state index contributed by atoms with van der Waals surface area (Å²) in [6.07, 6.45) is -5.84. The highest BCUT2D eigenvalue weighted by molar-refractivity contribution is 5.89. The summed E-state index contributed by atoms with van der Waals surface area (Å²) in [6, 6.07) is 23.6. The van der Waals surface area contributed by atoms with Gasteiger partial charge in [0.25, 0.3) is 0 Å². The number of ether oxygens (including phenoxy) is 1. The lowest BCUT2D eigenvalue weighted by atomic mass is 9.99. The lowest BCUT2D eigenvalue weighted by Gasteiger charge is -2.19. The number of amides is 4. The minimum absolute atomic E-state index is 0.00248. The van der Waals surface area contributed by atoms with Crippen molar-refractivity contribution in [1.29, 1.82) is 0 Å². The summed E-state index contributed by atoms with van der Waals surface area (Å²) in [5, 5.41) is 10.2. The van der Waals surface area contributed by atoms with Gasteiger partial charge < -0.3 is 26.0 Å². The van der Waals surface area contributed by atoms with Gasteiger partial charge in [0.1, 0.15) is 0 Å². The van der Waals surface area contributed by atoms with E-state index < -0.39 is 55.0 Å². The van der Waals surface area contributed by atoms with Gasteiger partial charge in [-0.05, 0) is 28.7 Å². The van der Waals surface area contributed by atoms with Gasteiger partial charge in [-0.3, -0.25) is 14.4 Å². The Balaban J connectivity index is 1.49. The highest BCUT2D eigenvalue weighted by Gasteiger charge is 2.42. The van der Waals surface area contributed by atoms with Gasteiger partial charge in [-0.1, -0.05) is 84.9 Å². The minimum Gasteiger partial charge on any atom is -0.386 e. The van der Waals surface area contributed by atoms with Gasteiger partial charge in [0.2, 0.25) is 11.8 Å². The van der Waals surface area contributed by atoms with Crippen LogP contribution in [0.3, 0.4) is 0 Å². The number of hydrogen-bond donors (Lipinski definition) is 4. The van der Waals surface area contributed by atoms with Crippen molar-refractivity contribution in [2.45, 2.75) is 38.0 Å². The number of alkyl halides is 3. The Labute approximate surface area is 251 Å².